The fourth-order valence-electron chi connectivity index (χ4n) is 3.33. The Balaban J connectivity index is 1.69. The Bertz CT molecular complexity index is 1240. The third-order valence-electron chi connectivity index (χ3n) is 5.21. The van der Waals surface area contributed by atoms with Gasteiger partial charge in [-0.3, -0.25) is 19.6 Å². The van der Waals surface area contributed by atoms with Gasteiger partial charge >= 0.3 is 5.97 Å². The number of carbonyl (C=O) groups is 2. The van der Waals surface area contributed by atoms with Crippen LogP contribution in [0.25, 0.3) is 6.08 Å². The molecule has 1 heterocycles. The number of aryl methyl sites for hydroxylation is 2. The molecule has 2 aromatic carbocycles. The summed E-state index contributed by atoms with van der Waals surface area (Å²) >= 11 is 0. The second kappa shape index (κ2) is 9.90. The number of hydrogen-bond donors (Lipinski definition) is 1. The van der Waals surface area contributed by atoms with Gasteiger partial charge in [0, 0.05) is 29.0 Å². The first-order valence-electron chi connectivity index (χ1n) is 10.2. The molecule has 0 aliphatic carbocycles. The fourth-order valence-corrected chi connectivity index (χ4v) is 3.33. The number of aromatic nitrogens is 2. The average Bonchev–Trinajstić information content (AvgIpc) is 3.04. The van der Waals surface area contributed by atoms with E-state index in [1.165, 1.54) is 23.8 Å². The lowest BCUT2D eigenvalue weighted by Gasteiger charge is -2.06. The van der Waals surface area contributed by atoms with Crippen molar-refractivity contribution in [3.63, 3.8) is 0 Å². The van der Waals surface area contributed by atoms with E-state index in [2.05, 4.69) is 5.10 Å². The highest BCUT2D eigenvalue weighted by Crippen LogP contribution is 2.22. The summed E-state index contributed by atoms with van der Waals surface area (Å²) in [5.74, 6) is -1.44. The van der Waals surface area contributed by atoms with E-state index in [0.29, 0.717) is 6.54 Å². The number of nitrogens with two attached hydrogens (primary N) is 1. The topological polar surface area (TPSA) is 130 Å². The smallest absolute Gasteiger partial charge is 0.331 e. The van der Waals surface area contributed by atoms with Gasteiger partial charge in [-0.2, -0.15) is 5.10 Å². The molecule has 0 aliphatic heterocycles. The largest absolute Gasteiger partial charge is 0.457 e. The molecular formula is C24H24N4O5. The zero-order valence-electron chi connectivity index (χ0n) is 18.6. The molecule has 0 fully saturated rings. The number of rotatable bonds is 8. The van der Waals surface area contributed by atoms with Crippen LogP contribution in [-0.2, 0) is 22.7 Å². The molecule has 33 heavy (non-hydrogen) atoms. The van der Waals surface area contributed by atoms with E-state index in [0.717, 1.165) is 28.6 Å². The van der Waals surface area contributed by atoms with Gasteiger partial charge in [0.15, 0.2) is 0 Å². The third kappa shape index (κ3) is 5.70. The highest BCUT2D eigenvalue weighted by molar-refractivity contribution is 5.93. The summed E-state index contributed by atoms with van der Waals surface area (Å²) in [5.41, 5.74) is 9.75. The lowest BCUT2D eigenvalue weighted by atomic mass is 10.1. The van der Waals surface area contributed by atoms with Gasteiger partial charge in [0.2, 0.25) is 5.91 Å². The first-order valence-corrected chi connectivity index (χ1v) is 10.2. The summed E-state index contributed by atoms with van der Waals surface area (Å²) in [4.78, 5) is 34.1. The van der Waals surface area contributed by atoms with E-state index in [-0.39, 0.29) is 23.4 Å². The predicted octanol–water partition coefficient (Wildman–Crippen LogP) is 3.62. The van der Waals surface area contributed by atoms with Crippen LogP contribution >= 0.6 is 0 Å². The lowest BCUT2D eigenvalue weighted by molar-refractivity contribution is -0.385. The highest BCUT2D eigenvalue weighted by atomic mass is 16.6. The van der Waals surface area contributed by atoms with Crippen LogP contribution in [0.4, 0.5) is 5.69 Å². The molecule has 0 radical (unpaired) electrons. The minimum atomic E-state index is -0.779. The predicted molar refractivity (Wildman–Crippen MR) is 122 cm³/mol. The Labute approximate surface area is 190 Å². The summed E-state index contributed by atoms with van der Waals surface area (Å²) in [6, 6.07) is 12.0. The molecule has 2 N–H and O–H groups in total. The number of primary amides is 1. The van der Waals surface area contributed by atoms with Gasteiger partial charge in [-0.15, -0.1) is 0 Å². The van der Waals surface area contributed by atoms with E-state index in [9.17, 15) is 19.7 Å². The summed E-state index contributed by atoms with van der Waals surface area (Å²) in [6.45, 7) is 6.10. The van der Waals surface area contributed by atoms with Crippen LogP contribution in [0.5, 0.6) is 0 Å². The molecule has 0 saturated carbocycles. The molecule has 0 bridgehead atoms. The maximum absolute atomic E-state index is 12.2. The van der Waals surface area contributed by atoms with Crippen molar-refractivity contribution in [1.82, 2.24) is 9.78 Å². The van der Waals surface area contributed by atoms with E-state index >= 15 is 0 Å². The van der Waals surface area contributed by atoms with Crippen LogP contribution in [0.15, 0.2) is 48.5 Å². The van der Waals surface area contributed by atoms with E-state index in [1.807, 2.05) is 49.7 Å². The molecule has 0 unspecified atom stereocenters. The monoisotopic (exact) mass is 448 g/mol. The summed E-state index contributed by atoms with van der Waals surface area (Å²) < 4.78 is 7.03. The Morgan fingerprint density at radius 1 is 1.15 bits per heavy atom. The summed E-state index contributed by atoms with van der Waals surface area (Å²) in [6.07, 6.45) is 2.88. The molecular weight excluding hydrogens is 424 g/mol. The van der Waals surface area contributed by atoms with E-state index in [4.69, 9.17) is 10.5 Å². The van der Waals surface area contributed by atoms with Crippen molar-refractivity contribution in [3.8, 4) is 0 Å². The Kier molecular flexibility index (Phi) is 7.02. The van der Waals surface area contributed by atoms with Crippen LogP contribution < -0.4 is 5.73 Å². The second-order valence-corrected chi connectivity index (χ2v) is 7.63. The molecule has 9 heteroatoms. The highest BCUT2D eigenvalue weighted by Gasteiger charge is 2.17. The molecule has 1 aromatic heterocycles. The van der Waals surface area contributed by atoms with Gasteiger partial charge in [0.25, 0.3) is 5.69 Å². The van der Waals surface area contributed by atoms with Crippen LogP contribution in [0.1, 0.15) is 44.0 Å². The SMILES string of the molecule is Cc1ccc(Cn2nc(C)c(/C=C/C(=O)OCc3ccc(C(N)=O)cc3[N+](=O)[O-])c2C)cc1. The number of benzene rings is 2. The Morgan fingerprint density at radius 2 is 1.85 bits per heavy atom. The van der Waals surface area contributed by atoms with Crippen LogP contribution in [0.3, 0.4) is 0 Å². The van der Waals surface area contributed by atoms with Crippen molar-refractivity contribution < 1.29 is 19.2 Å². The molecule has 3 rings (SSSR count). The molecule has 1 amide bonds. The first kappa shape index (κ1) is 23.4. The molecule has 3 aromatic rings. The minimum Gasteiger partial charge on any atom is -0.457 e. The van der Waals surface area contributed by atoms with Crippen molar-refractivity contribution >= 4 is 23.6 Å². The number of amides is 1. The van der Waals surface area contributed by atoms with Crippen molar-refractivity contribution in [1.29, 1.82) is 0 Å². The number of nitro groups is 1. The number of carbonyl (C=O) groups excluding carboxylic acids is 2. The maximum Gasteiger partial charge on any atom is 0.331 e. The van der Waals surface area contributed by atoms with Crippen LogP contribution in [-0.4, -0.2) is 26.6 Å². The number of nitro benzene ring substituents is 1. The maximum atomic E-state index is 12.2. The molecule has 9 nitrogen and oxygen atoms in total. The first-order chi connectivity index (χ1) is 15.7. The van der Waals surface area contributed by atoms with Crippen molar-refractivity contribution in [2.75, 3.05) is 0 Å². The van der Waals surface area contributed by atoms with Crippen LogP contribution in [0, 0.1) is 30.9 Å². The van der Waals surface area contributed by atoms with Gasteiger partial charge in [0.1, 0.15) is 6.61 Å². The number of esters is 1. The number of hydrogen-bond acceptors (Lipinski definition) is 6. The molecule has 0 aliphatic rings. The van der Waals surface area contributed by atoms with Crippen molar-refractivity contribution in [2.24, 2.45) is 5.73 Å². The van der Waals surface area contributed by atoms with Gasteiger partial charge in [-0.1, -0.05) is 29.8 Å². The van der Waals surface area contributed by atoms with Gasteiger partial charge in [0.05, 0.1) is 22.7 Å². The zero-order chi connectivity index (χ0) is 24.1. The second-order valence-electron chi connectivity index (χ2n) is 7.63. The van der Waals surface area contributed by atoms with Gasteiger partial charge in [-0.05, 0) is 44.5 Å². The molecule has 0 saturated heterocycles. The molecule has 0 atom stereocenters. The zero-order valence-corrected chi connectivity index (χ0v) is 18.6. The van der Waals surface area contributed by atoms with Gasteiger partial charge < -0.3 is 10.5 Å². The molecule has 170 valence electrons. The minimum absolute atomic E-state index is 0.00488. The van der Waals surface area contributed by atoms with Crippen molar-refractivity contribution in [2.45, 2.75) is 33.9 Å². The van der Waals surface area contributed by atoms with Crippen molar-refractivity contribution in [3.05, 3.63) is 97.9 Å². The lowest BCUT2D eigenvalue weighted by Crippen LogP contribution is -2.12. The number of nitrogens with zero attached hydrogens (tertiary/aromatic N) is 3. The standard InChI is InChI=1S/C24H24N4O5/c1-15-4-6-18(7-5-15)13-27-17(3)21(16(2)26-27)10-11-23(29)33-14-20-9-8-19(24(25)30)12-22(20)28(31)32/h4-12H,13-14H2,1-3H3,(H2,25,30)/b11-10+. The van der Waals surface area contributed by atoms with E-state index in [1.54, 1.807) is 6.08 Å². The third-order valence-corrected chi connectivity index (χ3v) is 5.21. The molecule has 0 spiro atoms. The normalized spacial score (nSPS) is 11.0. The van der Waals surface area contributed by atoms with E-state index < -0.39 is 16.8 Å². The van der Waals surface area contributed by atoms with Gasteiger partial charge in [-0.25, -0.2) is 4.79 Å². The summed E-state index contributed by atoms with van der Waals surface area (Å²) in [5, 5.41) is 15.8. The fraction of sp³-hybridized carbons (Fsp3) is 0.208. The Morgan fingerprint density at radius 3 is 2.48 bits per heavy atom. The summed E-state index contributed by atoms with van der Waals surface area (Å²) in [7, 11) is 0. The van der Waals surface area contributed by atoms with Crippen LogP contribution in [0.2, 0.25) is 0 Å². The number of ether oxygens (including phenoxy) is 1. The average molecular weight is 448 g/mol. The quantitative estimate of drug-likeness (QED) is 0.242. The Hall–Kier alpha value is -4.27.